The van der Waals surface area contributed by atoms with Gasteiger partial charge < -0.3 is 15.0 Å². The minimum absolute atomic E-state index is 0. The van der Waals surface area contributed by atoms with Crippen LogP contribution in [0, 0.1) is 0 Å². The van der Waals surface area contributed by atoms with E-state index in [9.17, 15) is 4.79 Å². The number of nitrogens with one attached hydrogen (secondary N) is 1. The molecule has 1 fully saturated rings. The van der Waals surface area contributed by atoms with Crippen molar-refractivity contribution in [1.82, 2.24) is 10.2 Å². The van der Waals surface area contributed by atoms with E-state index in [0.717, 1.165) is 42.8 Å². The Hall–Kier alpha value is -0.780. The van der Waals surface area contributed by atoms with Crippen molar-refractivity contribution in [3.8, 4) is 5.75 Å². The van der Waals surface area contributed by atoms with E-state index >= 15 is 0 Å². The summed E-state index contributed by atoms with van der Waals surface area (Å²) in [4.78, 5) is 13.8. The van der Waals surface area contributed by atoms with E-state index in [1.807, 2.05) is 29.2 Å². The molecule has 1 heterocycles. The fourth-order valence-electron chi connectivity index (χ4n) is 1.86. The highest BCUT2D eigenvalue weighted by Gasteiger charge is 2.15. The van der Waals surface area contributed by atoms with E-state index < -0.39 is 0 Å². The first-order chi connectivity index (χ1) is 8.75. The molecule has 0 aliphatic carbocycles. The molecule has 0 radical (unpaired) electrons. The van der Waals surface area contributed by atoms with Gasteiger partial charge >= 0.3 is 0 Å². The molecule has 0 bridgehead atoms. The zero-order valence-electron chi connectivity index (χ0n) is 10.6. The number of carbonyl (C=O) groups excluding carboxylic acids is 1. The smallest absolute Gasteiger partial charge is 0.260 e. The fourth-order valence-corrected chi connectivity index (χ4v) is 2.13. The molecular formula is C13H18BrClN2O2. The van der Waals surface area contributed by atoms with Crippen LogP contribution in [0.2, 0.25) is 0 Å². The molecule has 0 unspecified atom stereocenters. The zero-order chi connectivity index (χ0) is 12.8. The van der Waals surface area contributed by atoms with Crippen LogP contribution < -0.4 is 10.1 Å². The van der Waals surface area contributed by atoms with Gasteiger partial charge in [-0.2, -0.15) is 0 Å². The number of carbonyl (C=O) groups is 1. The molecular weight excluding hydrogens is 332 g/mol. The topological polar surface area (TPSA) is 41.6 Å². The first kappa shape index (κ1) is 16.3. The number of hydrogen-bond donors (Lipinski definition) is 1. The van der Waals surface area contributed by atoms with Gasteiger partial charge in [-0.15, -0.1) is 12.4 Å². The molecule has 1 N–H and O–H groups in total. The minimum Gasteiger partial charge on any atom is -0.484 e. The third kappa shape index (κ3) is 5.38. The number of nitrogens with zero attached hydrogens (tertiary/aromatic N) is 1. The Morgan fingerprint density at radius 1 is 1.26 bits per heavy atom. The lowest BCUT2D eigenvalue weighted by atomic mass is 10.3. The van der Waals surface area contributed by atoms with Crippen LogP contribution in [0.4, 0.5) is 0 Å². The third-order valence-corrected chi connectivity index (χ3v) is 3.40. The Morgan fingerprint density at radius 2 is 2.00 bits per heavy atom. The number of ether oxygens (including phenoxy) is 1. The molecule has 1 aromatic rings. The largest absolute Gasteiger partial charge is 0.484 e. The maximum Gasteiger partial charge on any atom is 0.260 e. The highest BCUT2D eigenvalue weighted by Crippen LogP contribution is 2.16. The summed E-state index contributed by atoms with van der Waals surface area (Å²) < 4.78 is 6.48. The van der Waals surface area contributed by atoms with Gasteiger partial charge in [0, 0.05) is 24.1 Å². The van der Waals surface area contributed by atoms with Crippen molar-refractivity contribution in [3.63, 3.8) is 0 Å². The van der Waals surface area contributed by atoms with Crippen molar-refractivity contribution in [2.45, 2.75) is 6.42 Å². The summed E-state index contributed by atoms with van der Waals surface area (Å²) in [6.45, 7) is 3.54. The van der Waals surface area contributed by atoms with E-state index in [1.165, 1.54) is 0 Å². The lowest BCUT2D eigenvalue weighted by Gasteiger charge is -2.19. The van der Waals surface area contributed by atoms with Crippen LogP contribution in [0.3, 0.4) is 0 Å². The van der Waals surface area contributed by atoms with E-state index in [4.69, 9.17) is 4.74 Å². The highest BCUT2D eigenvalue weighted by molar-refractivity contribution is 9.10. The first-order valence-electron chi connectivity index (χ1n) is 6.12. The van der Waals surface area contributed by atoms with Gasteiger partial charge in [0.05, 0.1) is 0 Å². The molecule has 0 atom stereocenters. The second kappa shape index (κ2) is 8.40. The Labute approximate surface area is 128 Å². The molecule has 1 aromatic carbocycles. The summed E-state index contributed by atoms with van der Waals surface area (Å²) in [7, 11) is 0. The maximum absolute atomic E-state index is 12.0. The first-order valence-corrected chi connectivity index (χ1v) is 6.92. The zero-order valence-corrected chi connectivity index (χ0v) is 13.0. The van der Waals surface area contributed by atoms with Crippen LogP contribution in [0.25, 0.3) is 0 Å². The van der Waals surface area contributed by atoms with Crippen LogP contribution in [0.5, 0.6) is 5.75 Å². The van der Waals surface area contributed by atoms with Crippen LogP contribution >= 0.6 is 28.3 Å². The molecule has 0 saturated carbocycles. The SMILES string of the molecule is Cl.O=C(COc1ccc(Br)cc1)N1CCCNCC1. The molecule has 6 heteroatoms. The third-order valence-electron chi connectivity index (χ3n) is 2.87. The predicted octanol–water partition coefficient (Wildman–Crippen LogP) is 2.07. The van der Waals surface area contributed by atoms with Gasteiger partial charge in [-0.25, -0.2) is 0 Å². The average molecular weight is 350 g/mol. The van der Waals surface area contributed by atoms with Crippen molar-refractivity contribution in [3.05, 3.63) is 28.7 Å². The fraction of sp³-hybridized carbons (Fsp3) is 0.462. The van der Waals surface area contributed by atoms with Gasteiger partial charge in [-0.3, -0.25) is 4.79 Å². The second-order valence-corrected chi connectivity index (χ2v) is 5.14. The molecule has 1 aliphatic rings. The molecule has 1 saturated heterocycles. The molecule has 4 nitrogen and oxygen atoms in total. The summed E-state index contributed by atoms with van der Waals surface area (Å²) in [6, 6.07) is 7.49. The average Bonchev–Trinajstić information content (AvgIpc) is 2.66. The number of hydrogen-bond acceptors (Lipinski definition) is 3. The number of halogens is 2. The monoisotopic (exact) mass is 348 g/mol. The number of amides is 1. The highest BCUT2D eigenvalue weighted by atomic mass is 79.9. The lowest BCUT2D eigenvalue weighted by Crippen LogP contribution is -2.37. The van der Waals surface area contributed by atoms with Crippen molar-refractivity contribution in [1.29, 1.82) is 0 Å². The van der Waals surface area contributed by atoms with E-state index in [0.29, 0.717) is 0 Å². The summed E-state index contributed by atoms with van der Waals surface area (Å²) in [5.74, 6) is 0.779. The van der Waals surface area contributed by atoms with Crippen LogP contribution in [0.1, 0.15) is 6.42 Å². The number of rotatable bonds is 3. The molecule has 106 valence electrons. The van der Waals surface area contributed by atoms with Gasteiger partial charge in [0.2, 0.25) is 0 Å². The Morgan fingerprint density at radius 3 is 2.74 bits per heavy atom. The number of benzene rings is 1. The normalized spacial score (nSPS) is 15.3. The Balaban J connectivity index is 0.00000180. The second-order valence-electron chi connectivity index (χ2n) is 4.23. The van der Waals surface area contributed by atoms with Gasteiger partial charge in [0.15, 0.2) is 6.61 Å². The van der Waals surface area contributed by atoms with E-state index in [2.05, 4.69) is 21.2 Å². The molecule has 1 amide bonds. The van der Waals surface area contributed by atoms with E-state index in [-0.39, 0.29) is 24.9 Å². The standard InChI is InChI=1S/C13H17BrN2O2.ClH/c14-11-2-4-12(5-3-11)18-10-13(17)16-8-1-6-15-7-9-16;/h2-5,15H,1,6-10H2;1H. The van der Waals surface area contributed by atoms with Gasteiger partial charge in [0.1, 0.15) is 5.75 Å². The van der Waals surface area contributed by atoms with E-state index in [1.54, 1.807) is 0 Å². The minimum atomic E-state index is 0. The Bertz CT molecular complexity index is 392. The molecule has 2 rings (SSSR count). The molecule has 1 aliphatic heterocycles. The molecule has 0 spiro atoms. The van der Waals surface area contributed by atoms with Crippen molar-refractivity contribution in [2.24, 2.45) is 0 Å². The van der Waals surface area contributed by atoms with Gasteiger partial charge in [-0.1, -0.05) is 15.9 Å². The Kier molecular flexibility index (Phi) is 7.20. The van der Waals surface area contributed by atoms with Gasteiger partial charge in [-0.05, 0) is 37.2 Å². The summed E-state index contributed by atoms with van der Waals surface area (Å²) in [6.07, 6.45) is 1.00. The van der Waals surface area contributed by atoms with Crippen LogP contribution in [0.15, 0.2) is 28.7 Å². The van der Waals surface area contributed by atoms with Gasteiger partial charge in [0.25, 0.3) is 5.91 Å². The lowest BCUT2D eigenvalue weighted by molar-refractivity contribution is -0.133. The summed E-state index contributed by atoms with van der Waals surface area (Å²) in [5, 5.41) is 3.27. The van der Waals surface area contributed by atoms with Crippen molar-refractivity contribution >= 4 is 34.2 Å². The van der Waals surface area contributed by atoms with Crippen LogP contribution in [-0.2, 0) is 4.79 Å². The van der Waals surface area contributed by atoms with Crippen molar-refractivity contribution < 1.29 is 9.53 Å². The maximum atomic E-state index is 12.0. The molecule has 0 aromatic heterocycles. The summed E-state index contributed by atoms with van der Waals surface area (Å²) in [5.41, 5.74) is 0. The summed E-state index contributed by atoms with van der Waals surface area (Å²) >= 11 is 3.36. The van der Waals surface area contributed by atoms with Crippen LogP contribution in [-0.4, -0.2) is 43.6 Å². The van der Waals surface area contributed by atoms with Crippen molar-refractivity contribution in [2.75, 3.05) is 32.8 Å². The molecule has 19 heavy (non-hydrogen) atoms. The quantitative estimate of drug-likeness (QED) is 0.908. The predicted molar refractivity (Wildman–Crippen MR) is 81.0 cm³/mol.